The van der Waals surface area contributed by atoms with E-state index in [9.17, 15) is 4.79 Å². The number of rotatable bonds is 3. The van der Waals surface area contributed by atoms with E-state index in [0.717, 1.165) is 23.5 Å². The number of hydrogen-bond donors (Lipinski definition) is 1. The first-order valence-corrected chi connectivity index (χ1v) is 8.79. The molecule has 1 amide bonds. The molecule has 1 aliphatic rings. The quantitative estimate of drug-likeness (QED) is 0.926. The van der Waals surface area contributed by atoms with E-state index in [1.54, 1.807) is 4.68 Å². The van der Waals surface area contributed by atoms with Crippen LogP contribution in [0.15, 0.2) is 24.3 Å². The van der Waals surface area contributed by atoms with E-state index in [1.807, 2.05) is 43.0 Å². The van der Waals surface area contributed by atoms with Gasteiger partial charge in [-0.15, -0.1) is 5.10 Å². The van der Waals surface area contributed by atoms with Crippen molar-refractivity contribution in [3.63, 3.8) is 0 Å². The fourth-order valence-electron chi connectivity index (χ4n) is 3.30. The van der Waals surface area contributed by atoms with E-state index in [0.29, 0.717) is 13.1 Å². The van der Waals surface area contributed by atoms with Crippen LogP contribution in [0.5, 0.6) is 0 Å². The number of benzene rings is 1. The van der Waals surface area contributed by atoms with Crippen LogP contribution in [0.2, 0.25) is 0 Å². The Bertz CT molecular complexity index is 763. The van der Waals surface area contributed by atoms with Crippen molar-refractivity contribution in [1.29, 1.82) is 0 Å². The summed E-state index contributed by atoms with van der Waals surface area (Å²) in [5.41, 5.74) is 9.91. The van der Waals surface area contributed by atoms with Gasteiger partial charge in [0.05, 0.1) is 23.5 Å². The highest BCUT2D eigenvalue weighted by atomic mass is 16.2. The van der Waals surface area contributed by atoms with Crippen molar-refractivity contribution in [3.8, 4) is 5.69 Å². The highest BCUT2D eigenvalue weighted by Gasteiger charge is 2.35. The maximum atomic E-state index is 12.7. The Morgan fingerprint density at radius 2 is 1.96 bits per heavy atom. The summed E-state index contributed by atoms with van der Waals surface area (Å²) in [6.07, 6.45) is 1.12. The Balaban J connectivity index is 1.73. The van der Waals surface area contributed by atoms with Gasteiger partial charge in [0.15, 0.2) is 0 Å². The molecule has 1 atom stereocenters. The molecule has 0 radical (unpaired) electrons. The second kappa shape index (κ2) is 6.59. The molecule has 6 heteroatoms. The fourth-order valence-corrected chi connectivity index (χ4v) is 3.30. The lowest BCUT2D eigenvalue weighted by Gasteiger charge is -2.42. The molecule has 0 saturated carbocycles. The van der Waals surface area contributed by atoms with E-state index in [-0.39, 0.29) is 23.8 Å². The van der Waals surface area contributed by atoms with E-state index in [4.69, 9.17) is 5.73 Å². The normalized spacial score (nSPS) is 19.9. The molecule has 1 aliphatic heterocycles. The minimum absolute atomic E-state index is 0.0531. The molecule has 2 N–H and O–H groups in total. The lowest BCUT2D eigenvalue weighted by Crippen LogP contribution is -2.54. The van der Waals surface area contributed by atoms with Crippen LogP contribution in [-0.4, -0.2) is 44.9 Å². The minimum atomic E-state index is -0.0531. The average Bonchev–Trinajstić information content (AvgIpc) is 2.91. The number of nitrogens with zero attached hydrogens (tertiary/aromatic N) is 4. The Morgan fingerprint density at radius 1 is 1.28 bits per heavy atom. The number of likely N-dealkylation sites (tertiary alicyclic amines) is 1. The SMILES string of the molecule is Cc1ccc(-n2nnc(CC(=O)N3CCC(N)C(C)(C)C3)c2C)cc1. The lowest BCUT2D eigenvalue weighted by molar-refractivity contribution is -0.133. The van der Waals surface area contributed by atoms with Crippen molar-refractivity contribution in [3.05, 3.63) is 41.2 Å². The van der Waals surface area contributed by atoms with Gasteiger partial charge in [-0.1, -0.05) is 36.8 Å². The third-order valence-electron chi connectivity index (χ3n) is 5.25. The topological polar surface area (TPSA) is 77.0 Å². The molecule has 0 aliphatic carbocycles. The molecule has 2 heterocycles. The van der Waals surface area contributed by atoms with Gasteiger partial charge in [0.2, 0.25) is 5.91 Å². The number of aryl methyl sites for hydroxylation is 1. The Kier molecular flexibility index (Phi) is 4.64. The number of aromatic nitrogens is 3. The van der Waals surface area contributed by atoms with Gasteiger partial charge in [0.25, 0.3) is 0 Å². The molecule has 1 fully saturated rings. The molecule has 6 nitrogen and oxygen atoms in total. The summed E-state index contributed by atoms with van der Waals surface area (Å²) in [5.74, 6) is 0.0963. The number of piperidine rings is 1. The van der Waals surface area contributed by atoms with Crippen molar-refractivity contribution in [2.24, 2.45) is 11.1 Å². The van der Waals surface area contributed by atoms with Gasteiger partial charge in [-0.25, -0.2) is 4.68 Å². The van der Waals surface area contributed by atoms with Crippen molar-refractivity contribution < 1.29 is 4.79 Å². The van der Waals surface area contributed by atoms with Gasteiger partial charge in [-0.05, 0) is 37.8 Å². The summed E-state index contributed by atoms with van der Waals surface area (Å²) in [6, 6.07) is 8.25. The van der Waals surface area contributed by atoms with Crippen molar-refractivity contribution in [1.82, 2.24) is 19.9 Å². The second-order valence-corrected chi connectivity index (χ2v) is 7.74. The predicted octanol–water partition coefficient (Wildman–Crippen LogP) is 2.01. The zero-order chi connectivity index (χ0) is 18.2. The standard InChI is InChI=1S/C19H27N5O/c1-13-5-7-15(8-6-13)24-14(2)16(21-22-24)11-18(25)23-10-9-17(20)19(3,4)12-23/h5-8,17H,9-12,20H2,1-4H3. The zero-order valence-electron chi connectivity index (χ0n) is 15.5. The van der Waals surface area contributed by atoms with Crippen LogP contribution in [0.1, 0.15) is 37.2 Å². The highest BCUT2D eigenvalue weighted by Crippen LogP contribution is 2.28. The Hall–Kier alpha value is -2.21. The van der Waals surface area contributed by atoms with Crippen LogP contribution >= 0.6 is 0 Å². The molecule has 1 aromatic carbocycles. The molecule has 25 heavy (non-hydrogen) atoms. The summed E-state index contributed by atoms with van der Waals surface area (Å²) >= 11 is 0. The first-order chi connectivity index (χ1) is 11.8. The summed E-state index contributed by atoms with van der Waals surface area (Å²) in [4.78, 5) is 14.6. The summed E-state index contributed by atoms with van der Waals surface area (Å²) in [7, 11) is 0. The third-order valence-corrected chi connectivity index (χ3v) is 5.25. The fraction of sp³-hybridized carbons (Fsp3) is 0.526. The van der Waals surface area contributed by atoms with Crippen LogP contribution < -0.4 is 5.73 Å². The first-order valence-electron chi connectivity index (χ1n) is 8.79. The number of nitrogens with two attached hydrogens (primary N) is 1. The number of carbonyl (C=O) groups excluding carboxylic acids is 1. The second-order valence-electron chi connectivity index (χ2n) is 7.74. The first kappa shape index (κ1) is 17.6. The van der Waals surface area contributed by atoms with Gasteiger partial charge in [-0.3, -0.25) is 4.79 Å². The Morgan fingerprint density at radius 3 is 2.60 bits per heavy atom. The maximum absolute atomic E-state index is 12.7. The van der Waals surface area contributed by atoms with Crippen molar-refractivity contribution in [2.45, 2.75) is 46.6 Å². The van der Waals surface area contributed by atoms with Gasteiger partial charge < -0.3 is 10.6 Å². The number of carbonyl (C=O) groups is 1. The van der Waals surface area contributed by atoms with Gasteiger partial charge in [-0.2, -0.15) is 0 Å². The van der Waals surface area contributed by atoms with E-state index in [2.05, 4.69) is 24.2 Å². The van der Waals surface area contributed by atoms with Crippen molar-refractivity contribution >= 4 is 5.91 Å². The van der Waals surface area contributed by atoms with Gasteiger partial charge >= 0.3 is 0 Å². The maximum Gasteiger partial charge on any atom is 0.228 e. The largest absolute Gasteiger partial charge is 0.342 e. The molecule has 0 bridgehead atoms. The summed E-state index contributed by atoms with van der Waals surface area (Å²) in [5, 5.41) is 8.47. The smallest absolute Gasteiger partial charge is 0.228 e. The number of amides is 1. The molecule has 1 unspecified atom stereocenters. The van der Waals surface area contributed by atoms with Gasteiger partial charge in [0, 0.05) is 19.1 Å². The predicted molar refractivity (Wildman–Crippen MR) is 97.5 cm³/mol. The highest BCUT2D eigenvalue weighted by molar-refractivity contribution is 5.78. The van der Waals surface area contributed by atoms with E-state index < -0.39 is 0 Å². The molecule has 1 aromatic heterocycles. The molecule has 3 rings (SSSR count). The molecule has 2 aromatic rings. The lowest BCUT2D eigenvalue weighted by atomic mass is 9.79. The van der Waals surface area contributed by atoms with Crippen LogP contribution in [0.4, 0.5) is 0 Å². The molecule has 134 valence electrons. The third kappa shape index (κ3) is 3.58. The number of hydrogen-bond acceptors (Lipinski definition) is 4. The van der Waals surface area contributed by atoms with Crippen LogP contribution in [0, 0.1) is 19.3 Å². The van der Waals surface area contributed by atoms with Crippen LogP contribution in [0.25, 0.3) is 5.69 Å². The summed E-state index contributed by atoms with van der Waals surface area (Å²) < 4.78 is 1.79. The van der Waals surface area contributed by atoms with Crippen molar-refractivity contribution in [2.75, 3.05) is 13.1 Å². The van der Waals surface area contributed by atoms with Gasteiger partial charge in [0.1, 0.15) is 0 Å². The average molecular weight is 341 g/mol. The van der Waals surface area contributed by atoms with Crippen LogP contribution in [-0.2, 0) is 11.2 Å². The van der Waals surface area contributed by atoms with E-state index >= 15 is 0 Å². The molecule has 0 spiro atoms. The molecular formula is C19H27N5O. The van der Waals surface area contributed by atoms with E-state index in [1.165, 1.54) is 5.56 Å². The monoisotopic (exact) mass is 341 g/mol. The zero-order valence-corrected chi connectivity index (χ0v) is 15.5. The summed E-state index contributed by atoms with van der Waals surface area (Å²) in [6.45, 7) is 9.66. The Labute approximate surface area is 149 Å². The molecule has 1 saturated heterocycles. The van der Waals surface area contributed by atoms with Crippen LogP contribution in [0.3, 0.4) is 0 Å². The molecular weight excluding hydrogens is 314 g/mol. The minimum Gasteiger partial charge on any atom is -0.342 e.